The fraction of sp³-hybridized carbons (Fsp3) is 0.414. The van der Waals surface area contributed by atoms with Gasteiger partial charge in [-0.3, -0.25) is 0 Å². The van der Waals surface area contributed by atoms with Crippen molar-refractivity contribution in [3.8, 4) is 17.4 Å². The van der Waals surface area contributed by atoms with Gasteiger partial charge in [0.05, 0.1) is 11.6 Å². The average molecular weight is 475 g/mol. The van der Waals surface area contributed by atoms with E-state index in [0.717, 1.165) is 43.5 Å². The Morgan fingerprint density at radius 3 is 2.66 bits per heavy atom. The van der Waals surface area contributed by atoms with E-state index < -0.39 is 6.10 Å². The van der Waals surface area contributed by atoms with Crippen molar-refractivity contribution >= 4 is 11.0 Å². The zero-order chi connectivity index (χ0) is 24.4. The third-order valence-corrected chi connectivity index (χ3v) is 7.12. The lowest BCUT2D eigenvalue weighted by Crippen LogP contribution is -2.40. The molecule has 3 heterocycles. The normalized spacial score (nSPS) is 16.1. The maximum atomic E-state index is 10.7. The Morgan fingerprint density at radius 1 is 1.09 bits per heavy atom. The second-order valence-electron chi connectivity index (χ2n) is 9.65. The molecule has 1 N–H and O–H groups in total. The molecule has 6 nitrogen and oxygen atoms in total. The van der Waals surface area contributed by atoms with E-state index in [-0.39, 0.29) is 6.61 Å². The minimum atomic E-state index is -0.561. The van der Waals surface area contributed by atoms with Crippen LogP contribution in [0.3, 0.4) is 0 Å². The zero-order valence-electron chi connectivity index (χ0n) is 20.8. The van der Waals surface area contributed by atoms with Crippen LogP contribution in [-0.2, 0) is 6.42 Å². The van der Waals surface area contributed by atoms with Gasteiger partial charge in [0.15, 0.2) is 5.76 Å². The number of aromatic nitrogens is 1. The van der Waals surface area contributed by atoms with Crippen molar-refractivity contribution in [3.05, 3.63) is 71.1 Å². The molecule has 4 aromatic rings. The largest absolute Gasteiger partial charge is 0.490 e. The summed E-state index contributed by atoms with van der Waals surface area (Å²) < 4.78 is 17.7. The summed E-state index contributed by atoms with van der Waals surface area (Å²) in [5, 5.41) is 11.5. The average Bonchev–Trinajstić information content (AvgIpc) is 3.52. The van der Waals surface area contributed by atoms with Gasteiger partial charge in [0.1, 0.15) is 29.8 Å². The number of furan rings is 1. The molecule has 1 aliphatic heterocycles. The van der Waals surface area contributed by atoms with Crippen molar-refractivity contribution in [1.82, 2.24) is 9.88 Å². The number of β-amino-alcohol motifs (C(OH)–C–C–N with tert-alkyl or cyclic N) is 1. The predicted octanol–water partition coefficient (Wildman–Crippen LogP) is 5.89. The predicted molar refractivity (Wildman–Crippen MR) is 137 cm³/mol. The lowest BCUT2D eigenvalue weighted by molar-refractivity contribution is 0.0599. The van der Waals surface area contributed by atoms with Crippen LogP contribution in [0.5, 0.6) is 5.75 Å². The number of oxazole rings is 1. The number of aliphatic hydroxyl groups excluding tert-OH is 1. The smallest absolute Gasteiger partial charge is 0.263 e. The number of likely N-dealkylation sites (tertiary alicyclic amines) is 1. The van der Waals surface area contributed by atoms with Gasteiger partial charge in [0.2, 0.25) is 0 Å². The molecule has 35 heavy (non-hydrogen) atoms. The van der Waals surface area contributed by atoms with Crippen molar-refractivity contribution < 1.29 is 18.7 Å². The molecule has 1 saturated heterocycles. The van der Waals surface area contributed by atoms with Crippen LogP contribution in [0, 0.1) is 13.8 Å². The van der Waals surface area contributed by atoms with Crippen molar-refractivity contribution in [2.75, 3.05) is 26.2 Å². The third kappa shape index (κ3) is 5.29. The van der Waals surface area contributed by atoms with Gasteiger partial charge < -0.3 is 23.6 Å². The van der Waals surface area contributed by atoms with Crippen LogP contribution in [-0.4, -0.2) is 47.3 Å². The molecule has 1 aliphatic rings. The number of fused-ring (bicyclic) bond motifs is 1. The Labute approximate surface area is 206 Å². The highest BCUT2D eigenvalue weighted by Gasteiger charge is 2.23. The minimum Gasteiger partial charge on any atom is -0.490 e. The highest BCUT2D eigenvalue weighted by atomic mass is 16.5. The van der Waals surface area contributed by atoms with Gasteiger partial charge in [0, 0.05) is 19.0 Å². The first-order chi connectivity index (χ1) is 17.0. The summed E-state index contributed by atoms with van der Waals surface area (Å²) in [5.74, 6) is 3.14. The maximum Gasteiger partial charge on any atom is 0.263 e. The molecule has 0 amide bonds. The summed E-state index contributed by atoms with van der Waals surface area (Å²) in [7, 11) is 0. The van der Waals surface area contributed by atoms with Gasteiger partial charge in [-0.2, -0.15) is 0 Å². The van der Waals surface area contributed by atoms with Crippen LogP contribution in [0.4, 0.5) is 0 Å². The Hall–Kier alpha value is -3.09. The molecule has 0 saturated carbocycles. The van der Waals surface area contributed by atoms with E-state index in [1.165, 1.54) is 16.7 Å². The molecule has 0 spiro atoms. The number of aryl methyl sites for hydroxylation is 3. The van der Waals surface area contributed by atoms with Gasteiger partial charge in [0.25, 0.3) is 5.89 Å². The Balaban J connectivity index is 1.16. The highest BCUT2D eigenvalue weighted by Crippen LogP contribution is 2.34. The Bertz CT molecular complexity index is 1280. The van der Waals surface area contributed by atoms with Crippen LogP contribution < -0.4 is 4.74 Å². The topological polar surface area (TPSA) is 71.9 Å². The highest BCUT2D eigenvalue weighted by molar-refractivity contribution is 5.87. The van der Waals surface area contributed by atoms with Gasteiger partial charge in [-0.25, -0.2) is 4.98 Å². The van der Waals surface area contributed by atoms with Gasteiger partial charge in [-0.1, -0.05) is 31.2 Å². The zero-order valence-corrected chi connectivity index (χ0v) is 20.8. The molecule has 1 atom stereocenters. The summed E-state index contributed by atoms with van der Waals surface area (Å²) in [6.45, 7) is 9.20. The first-order valence-corrected chi connectivity index (χ1v) is 12.6. The molecular weight excluding hydrogens is 440 g/mol. The van der Waals surface area contributed by atoms with E-state index in [4.69, 9.17) is 13.6 Å². The van der Waals surface area contributed by atoms with Crippen molar-refractivity contribution in [1.29, 1.82) is 0 Å². The molecular formula is C29H34N2O4. The monoisotopic (exact) mass is 474 g/mol. The summed E-state index contributed by atoms with van der Waals surface area (Å²) in [6, 6.07) is 14.4. The molecule has 2 aromatic carbocycles. The Morgan fingerprint density at radius 2 is 1.91 bits per heavy atom. The molecule has 0 radical (unpaired) electrons. The number of aliphatic hydroxyl groups is 1. The number of hydrogen-bond acceptors (Lipinski definition) is 6. The van der Waals surface area contributed by atoms with Gasteiger partial charge in [-0.05, 0) is 74.5 Å². The van der Waals surface area contributed by atoms with Gasteiger partial charge in [-0.15, -0.1) is 0 Å². The summed E-state index contributed by atoms with van der Waals surface area (Å²) in [5.41, 5.74) is 4.86. The quantitative estimate of drug-likeness (QED) is 0.343. The van der Waals surface area contributed by atoms with Crippen LogP contribution in [0.1, 0.15) is 48.1 Å². The molecule has 2 aromatic heterocycles. The summed E-state index contributed by atoms with van der Waals surface area (Å²) in [4.78, 5) is 6.65. The van der Waals surface area contributed by atoms with E-state index in [9.17, 15) is 5.11 Å². The lowest BCUT2D eigenvalue weighted by Gasteiger charge is -2.33. The van der Waals surface area contributed by atoms with Crippen LogP contribution in [0.15, 0.2) is 57.5 Å². The summed E-state index contributed by atoms with van der Waals surface area (Å²) >= 11 is 0. The fourth-order valence-electron chi connectivity index (χ4n) is 4.85. The molecule has 6 heteroatoms. The summed E-state index contributed by atoms with van der Waals surface area (Å²) in [6.07, 6.45) is 4.18. The molecule has 184 valence electrons. The first-order valence-electron chi connectivity index (χ1n) is 12.6. The third-order valence-electron chi connectivity index (χ3n) is 7.12. The number of rotatable bonds is 8. The first kappa shape index (κ1) is 23.6. The Kier molecular flexibility index (Phi) is 6.93. The lowest BCUT2D eigenvalue weighted by atomic mass is 9.88. The van der Waals surface area contributed by atoms with Crippen LogP contribution >= 0.6 is 0 Å². The van der Waals surface area contributed by atoms with E-state index in [0.29, 0.717) is 35.4 Å². The van der Waals surface area contributed by atoms with Crippen LogP contribution in [0.25, 0.3) is 22.6 Å². The van der Waals surface area contributed by atoms with E-state index in [1.807, 2.05) is 31.2 Å². The van der Waals surface area contributed by atoms with Crippen molar-refractivity contribution in [2.24, 2.45) is 0 Å². The molecule has 1 fully saturated rings. The fourth-order valence-corrected chi connectivity index (χ4v) is 4.85. The van der Waals surface area contributed by atoms with E-state index >= 15 is 0 Å². The SMILES string of the molecule is CCc1cnc(-c2cc3c(OCC(O)CN4CCC(c5ccc(C)c(C)c5)CC4)cccc3o2)o1. The number of hydrogen-bond donors (Lipinski definition) is 1. The molecule has 1 unspecified atom stereocenters. The van der Waals surface area contributed by atoms with Crippen LogP contribution in [0.2, 0.25) is 0 Å². The molecule has 0 aliphatic carbocycles. The standard InChI is InChI=1S/C29H34N2O4/c1-4-24-16-30-29(34-24)28-15-25-26(6-5-7-27(25)35-28)33-18-23(32)17-31-12-10-21(11-13-31)22-9-8-19(2)20(3)14-22/h5-9,14-16,21,23,32H,4,10-13,17-18H2,1-3H3. The van der Waals surface area contributed by atoms with E-state index in [2.05, 4.69) is 41.9 Å². The number of ether oxygens (including phenoxy) is 1. The number of nitrogens with zero attached hydrogens (tertiary/aromatic N) is 2. The molecule has 0 bridgehead atoms. The van der Waals surface area contributed by atoms with Gasteiger partial charge >= 0.3 is 0 Å². The molecule has 5 rings (SSSR count). The second kappa shape index (κ2) is 10.3. The van der Waals surface area contributed by atoms with Crippen molar-refractivity contribution in [3.63, 3.8) is 0 Å². The van der Waals surface area contributed by atoms with E-state index in [1.54, 1.807) is 6.20 Å². The maximum absolute atomic E-state index is 10.7. The number of piperidine rings is 1. The minimum absolute atomic E-state index is 0.232. The van der Waals surface area contributed by atoms with Crippen molar-refractivity contribution in [2.45, 2.75) is 52.1 Å². The second-order valence-corrected chi connectivity index (χ2v) is 9.65. The number of benzene rings is 2.